The number of carbonyl (C=O) groups excluding carboxylic acids is 1. The van der Waals surface area contributed by atoms with Crippen LogP contribution in [0.15, 0.2) is 79.0 Å². The van der Waals surface area contributed by atoms with Gasteiger partial charge in [0.05, 0.1) is 0 Å². The number of nitrogens with one attached hydrogen (secondary N) is 3. The molecule has 1 amide bonds. The molecule has 4 nitrogen and oxygen atoms in total. The zero-order valence-electron chi connectivity index (χ0n) is 16.8. The maximum atomic E-state index is 11.7. The highest BCUT2D eigenvalue weighted by atomic mass is 35.5. The molecule has 152 valence electrons. The first-order chi connectivity index (χ1) is 14.7. The van der Waals surface area contributed by atoms with Crippen LogP contribution in [0.3, 0.4) is 0 Å². The third kappa shape index (κ3) is 4.25. The number of aromatic nitrogens is 1. The second-order valence-electron chi connectivity index (χ2n) is 7.27. The fraction of sp³-hybridized carbons (Fsp3) is 0.160. The Morgan fingerprint density at radius 3 is 2.47 bits per heavy atom. The van der Waals surface area contributed by atoms with Gasteiger partial charge in [-0.2, -0.15) is 0 Å². The standard InChI is InChI=1S/C25H24ClN3O/c1-27-25(30)18-12-10-17(11-13-18)14-28-15-21(19-6-2-4-8-23(19)26)22-16-29-24-9-5-3-7-20(22)24/h2-13,16,21,28-29H,14-15H2,1H3,(H,27,30). The van der Waals surface area contributed by atoms with Crippen LogP contribution in [0.4, 0.5) is 0 Å². The average Bonchev–Trinajstić information content (AvgIpc) is 3.21. The van der Waals surface area contributed by atoms with E-state index >= 15 is 0 Å². The molecule has 1 heterocycles. The third-order valence-corrected chi connectivity index (χ3v) is 5.74. The molecule has 0 radical (unpaired) electrons. The molecule has 30 heavy (non-hydrogen) atoms. The minimum absolute atomic E-state index is 0.0763. The lowest BCUT2D eigenvalue weighted by Crippen LogP contribution is -2.22. The van der Waals surface area contributed by atoms with E-state index in [1.165, 1.54) is 10.9 Å². The molecule has 0 fully saturated rings. The van der Waals surface area contributed by atoms with Gasteiger partial charge in [-0.3, -0.25) is 4.79 Å². The van der Waals surface area contributed by atoms with Gasteiger partial charge in [-0.05, 0) is 41.0 Å². The first kappa shape index (κ1) is 20.2. The van der Waals surface area contributed by atoms with Crippen molar-refractivity contribution in [2.45, 2.75) is 12.5 Å². The van der Waals surface area contributed by atoms with Gasteiger partial charge in [0.25, 0.3) is 5.91 Å². The second kappa shape index (κ2) is 9.16. The fourth-order valence-electron chi connectivity index (χ4n) is 3.81. The van der Waals surface area contributed by atoms with E-state index in [1.807, 2.05) is 48.5 Å². The van der Waals surface area contributed by atoms with Gasteiger partial charge in [-0.1, -0.05) is 60.1 Å². The highest BCUT2D eigenvalue weighted by Gasteiger charge is 2.20. The van der Waals surface area contributed by atoms with Crippen LogP contribution in [0.25, 0.3) is 10.9 Å². The number of aromatic amines is 1. The molecule has 0 saturated heterocycles. The number of hydrogen-bond donors (Lipinski definition) is 3. The van der Waals surface area contributed by atoms with Crippen LogP contribution >= 0.6 is 11.6 Å². The van der Waals surface area contributed by atoms with E-state index < -0.39 is 0 Å². The topological polar surface area (TPSA) is 56.9 Å². The predicted molar refractivity (Wildman–Crippen MR) is 123 cm³/mol. The van der Waals surface area contributed by atoms with Crippen molar-refractivity contribution < 1.29 is 4.79 Å². The molecular formula is C25H24ClN3O. The van der Waals surface area contributed by atoms with E-state index in [4.69, 9.17) is 11.6 Å². The molecule has 3 N–H and O–H groups in total. The van der Waals surface area contributed by atoms with E-state index in [0.29, 0.717) is 12.1 Å². The summed E-state index contributed by atoms with van der Waals surface area (Å²) in [6.07, 6.45) is 2.08. The molecule has 0 saturated carbocycles. The zero-order chi connectivity index (χ0) is 20.9. The minimum atomic E-state index is -0.0763. The number of carbonyl (C=O) groups is 1. The molecule has 5 heteroatoms. The first-order valence-electron chi connectivity index (χ1n) is 9.99. The van der Waals surface area contributed by atoms with Crippen LogP contribution in [0.2, 0.25) is 5.02 Å². The number of hydrogen-bond acceptors (Lipinski definition) is 2. The Balaban J connectivity index is 1.55. The highest BCUT2D eigenvalue weighted by molar-refractivity contribution is 6.31. The maximum absolute atomic E-state index is 11.7. The summed E-state index contributed by atoms with van der Waals surface area (Å²) in [5, 5.41) is 8.19. The Morgan fingerprint density at radius 1 is 0.967 bits per heavy atom. The van der Waals surface area contributed by atoms with Crippen molar-refractivity contribution in [1.29, 1.82) is 0 Å². The van der Waals surface area contributed by atoms with Crippen LogP contribution in [0, 0.1) is 0 Å². The van der Waals surface area contributed by atoms with Crippen LogP contribution in [0.1, 0.15) is 33.0 Å². The molecule has 1 atom stereocenters. The van der Waals surface area contributed by atoms with Gasteiger partial charge in [0, 0.05) is 53.7 Å². The predicted octanol–water partition coefficient (Wildman–Crippen LogP) is 5.10. The molecule has 0 aliphatic rings. The van der Waals surface area contributed by atoms with E-state index in [-0.39, 0.29) is 11.8 Å². The van der Waals surface area contributed by atoms with Crippen LogP contribution in [-0.4, -0.2) is 24.5 Å². The summed E-state index contributed by atoms with van der Waals surface area (Å²) in [5.41, 5.74) is 5.23. The van der Waals surface area contributed by atoms with Crippen molar-refractivity contribution in [2.75, 3.05) is 13.6 Å². The number of benzene rings is 3. The quantitative estimate of drug-likeness (QED) is 0.391. The molecule has 3 aromatic carbocycles. The van der Waals surface area contributed by atoms with Gasteiger partial charge < -0.3 is 15.6 Å². The van der Waals surface area contributed by atoms with Gasteiger partial charge in [0.15, 0.2) is 0 Å². The Bertz CT molecular complexity index is 1150. The lowest BCUT2D eigenvalue weighted by Gasteiger charge is -2.19. The summed E-state index contributed by atoms with van der Waals surface area (Å²) in [6.45, 7) is 1.44. The molecule has 0 aliphatic heterocycles. The second-order valence-corrected chi connectivity index (χ2v) is 7.68. The number of amides is 1. The van der Waals surface area contributed by atoms with Crippen molar-refractivity contribution in [3.05, 3.63) is 106 Å². The van der Waals surface area contributed by atoms with Gasteiger partial charge >= 0.3 is 0 Å². The molecule has 1 aromatic heterocycles. The summed E-state index contributed by atoms with van der Waals surface area (Å²) in [7, 11) is 1.64. The van der Waals surface area contributed by atoms with Gasteiger partial charge in [0.1, 0.15) is 0 Å². The number of para-hydroxylation sites is 1. The van der Waals surface area contributed by atoms with Gasteiger partial charge in [0.2, 0.25) is 0 Å². The van der Waals surface area contributed by atoms with Crippen LogP contribution < -0.4 is 10.6 Å². The fourth-order valence-corrected chi connectivity index (χ4v) is 4.07. The minimum Gasteiger partial charge on any atom is -0.361 e. The van der Waals surface area contributed by atoms with Crippen LogP contribution in [0.5, 0.6) is 0 Å². The number of halogens is 1. The first-order valence-corrected chi connectivity index (χ1v) is 10.4. The lowest BCUT2D eigenvalue weighted by atomic mass is 9.90. The van der Waals surface area contributed by atoms with Crippen LogP contribution in [-0.2, 0) is 6.54 Å². The lowest BCUT2D eigenvalue weighted by molar-refractivity contribution is 0.0963. The Labute approximate surface area is 181 Å². The molecule has 0 bridgehead atoms. The Morgan fingerprint density at radius 2 is 1.70 bits per heavy atom. The van der Waals surface area contributed by atoms with E-state index in [2.05, 4.69) is 46.1 Å². The summed E-state index contributed by atoms with van der Waals surface area (Å²) in [5.74, 6) is 0.0348. The van der Waals surface area contributed by atoms with Gasteiger partial charge in [-0.15, -0.1) is 0 Å². The Hall–Kier alpha value is -3.08. The summed E-state index contributed by atoms with van der Waals surface area (Å²) >= 11 is 6.57. The molecule has 0 spiro atoms. The van der Waals surface area contributed by atoms with Crippen molar-refractivity contribution >= 4 is 28.4 Å². The van der Waals surface area contributed by atoms with Crippen molar-refractivity contribution in [1.82, 2.24) is 15.6 Å². The molecule has 1 unspecified atom stereocenters. The maximum Gasteiger partial charge on any atom is 0.251 e. The number of rotatable bonds is 7. The number of fused-ring (bicyclic) bond motifs is 1. The highest BCUT2D eigenvalue weighted by Crippen LogP contribution is 2.34. The van der Waals surface area contributed by atoms with E-state index in [1.54, 1.807) is 7.05 Å². The smallest absolute Gasteiger partial charge is 0.251 e. The molecule has 0 aliphatic carbocycles. The van der Waals surface area contributed by atoms with Crippen molar-refractivity contribution in [3.8, 4) is 0 Å². The third-order valence-electron chi connectivity index (χ3n) is 5.40. The number of H-pyrrole nitrogens is 1. The molecule has 4 aromatic rings. The summed E-state index contributed by atoms with van der Waals surface area (Å²) in [6, 6.07) is 24.0. The summed E-state index contributed by atoms with van der Waals surface area (Å²) < 4.78 is 0. The monoisotopic (exact) mass is 417 g/mol. The van der Waals surface area contributed by atoms with E-state index in [9.17, 15) is 4.79 Å². The van der Waals surface area contributed by atoms with E-state index in [0.717, 1.165) is 28.2 Å². The molecular weight excluding hydrogens is 394 g/mol. The molecule has 4 rings (SSSR count). The average molecular weight is 418 g/mol. The summed E-state index contributed by atoms with van der Waals surface area (Å²) in [4.78, 5) is 15.1. The SMILES string of the molecule is CNC(=O)c1ccc(CNCC(c2ccccc2Cl)c2c[nH]c3ccccc23)cc1. The van der Waals surface area contributed by atoms with Crippen molar-refractivity contribution in [2.24, 2.45) is 0 Å². The zero-order valence-corrected chi connectivity index (χ0v) is 17.5. The largest absolute Gasteiger partial charge is 0.361 e. The van der Waals surface area contributed by atoms with Crippen molar-refractivity contribution in [3.63, 3.8) is 0 Å². The van der Waals surface area contributed by atoms with Gasteiger partial charge in [-0.25, -0.2) is 0 Å². The Kier molecular flexibility index (Phi) is 6.17. The normalized spacial score (nSPS) is 12.1.